The Morgan fingerprint density at radius 1 is 1.14 bits per heavy atom. The average Bonchev–Trinajstić information content (AvgIpc) is 3.05. The number of fused-ring (bicyclic) bond motifs is 3. The minimum atomic E-state index is -4.93. The number of aryl methyl sites for hydroxylation is 1. The van der Waals surface area contributed by atoms with Crippen LogP contribution in [0, 0.1) is 0 Å². The van der Waals surface area contributed by atoms with E-state index in [0.717, 1.165) is 42.5 Å². The van der Waals surface area contributed by atoms with Gasteiger partial charge < -0.3 is 5.32 Å². The van der Waals surface area contributed by atoms with Gasteiger partial charge in [-0.15, -0.1) is 12.4 Å². The molecular formula is C21H23ClF4N2. The van der Waals surface area contributed by atoms with Crippen molar-refractivity contribution in [3.63, 3.8) is 0 Å². The summed E-state index contributed by atoms with van der Waals surface area (Å²) in [5.74, 6) is 0. The third-order valence-electron chi connectivity index (χ3n) is 6.32. The highest BCUT2D eigenvalue weighted by Crippen LogP contribution is 2.48. The molecule has 1 aromatic carbocycles. The van der Waals surface area contributed by atoms with Crippen LogP contribution < -0.4 is 5.32 Å². The van der Waals surface area contributed by atoms with Crippen molar-refractivity contribution in [1.29, 1.82) is 0 Å². The first-order valence-corrected chi connectivity index (χ1v) is 9.26. The normalized spacial score (nSPS) is 26.0. The molecule has 0 amide bonds. The number of pyridine rings is 1. The van der Waals surface area contributed by atoms with Crippen LogP contribution in [0.15, 0.2) is 42.7 Å². The zero-order valence-corrected chi connectivity index (χ0v) is 16.3. The standard InChI is InChI=1S/C21H22F4N2.ClH/c1-19(22,21(23,24)25)16-3-4-17-15(12-16)2-5-18-20(17,8-11-27-18)13-14-6-9-26-10-7-14;/h3-4,6-7,9-10,12,18,27H,2,5,8,11,13H2,1H3;1H. The summed E-state index contributed by atoms with van der Waals surface area (Å²) in [5, 5.41) is 3.56. The predicted molar refractivity (Wildman–Crippen MR) is 103 cm³/mol. The highest BCUT2D eigenvalue weighted by molar-refractivity contribution is 5.85. The molecule has 1 N–H and O–H groups in total. The molecule has 2 aliphatic rings. The van der Waals surface area contributed by atoms with Gasteiger partial charge in [0.25, 0.3) is 0 Å². The molecule has 0 spiro atoms. The van der Waals surface area contributed by atoms with Crippen LogP contribution in [0.3, 0.4) is 0 Å². The second-order valence-electron chi connectivity index (χ2n) is 7.86. The topological polar surface area (TPSA) is 24.9 Å². The van der Waals surface area contributed by atoms with Gasteiger partial charge in [0.15, 0.2) is 0 Å². The second kappa shape index (κ2) is 7.30. The quantitative estimate of drug-likeness (QED) is 0.712. The van der Waals surface area contributed by atoms with Crippen LogP contribution in [0.1, 0.15) is 42.0 Å². The highest BCUT2D eigenvalue weighted by Gasteiger charge is 2.54. The molecule has 1 aliphatic heterocycles. The number of aromatic nitrogens is 1. The number of halogens is 5. The lowest BCUT2D eigenvalue weighted by Crippen LogP contribution is -2.46. The first-order valence-electron chi connectivity index (χ1n) is 9.26. The van der Waals surface area contributed by atoms with Crippen molar-refractivity contribution >= 4 is 12.4 Å². The molecule has 2 nitrogen and oxygen atoms in total. The Bertz CT molecular complexity index is 838. The van der Waals surface area contributed by atoms with E-state index in [1.165, 1.54) is 12.1 Å². The number of nitrogens with zero attached hydrogens (tertiary/aromatic N) is 1. The smallest absolute Gasteiger partial charge is 0.313 e. The van der Waals surface area contributed by atoms with Crippen molar-refractivity contribution < 1.29 is 17.6 Å². The van der Waals surface area contributed by atoms with E-state index in [1.807, 2.05) is 12.1 Å². The fraction of sp³-hybridized carbons (Fsp3) is 0.476. The van der Waals surface area contributed by atoms with Crippen molar-refractivity contribution in [2.45, 2.75) is 55.9 Å². The minimum Gasteiger partial charge on any atom is -0.313 e. The molecule has 1 saturated heterocycles. The van der Waals surface area contributed by atoms with Crippen molar-refractivity contribution in [2.75, 3.05) is 6.54 Å². The van der Waals surface area contributed by atoms with E-state index >= 15 is 0 Å². The maximum atomic E-state index is 14.5. The third-order valence-corrected chi connectivity index (χ3v) is 6.32. The minimum absolute atomic E-state index is 0. The molecular weight excluding hydrogens is 392 g/mol. The Labute approximate surface area is 168 Å². The van der Waals surface area contributed by atoms with E-state index in [0.29, 0.717) is 13.3 Å². The second-order valence-corrected chi connectivity index (χ2v) is 7.86. The van der Waals surface area contributed by atoms with Crippen LogP contribution in [0.4, 0.5) is 17.6 Å². The maximum Gasteiger partial charge on any atom is 0.426 e. The number of hydrogen-bond donors (Lipinski definition) is 1. The number of rotatable bonds is 3. The first kappa shape index (κ1) is 21.1. The van der Waals surface area contributed by atoms with Crippen molar-refractivity contribution in [3.05, 3.63) is 65.0 Å². The summed E-state index contributed by atoms with van der Waals surface area (Å²) < 4.78 is 53.9. The zero-order chi connectivity index (χ0) is 19.3. The molecule has 1 fully saturated rings. The Kier molecular flexibility index (Phi) is 5.49. The summed E-state index contributed by atoms with van der Waals surface area (Å²) in [7, 11) is 0. The van der Waals surface area contributed by atoms with Crippen LogP contribution >= 0.6 is 12.4 Å². The predicted octanol–water partition coefficient (Wildman–Crippen LogP) is 5.04. The zero-order valence-electron chi connectivity index (χ0n) is 15.5. The van der Waals surface area contributed by atoms with Gasteiger partial charge in [0.2, 0.25) is 5.67 Å². The van der Waals surface area contributed by atoms with Gasteiger partial charge in [-0.2, -0.15) is 13.2 Å². The van der Waals surface area contributed by atoms with Gasteiger partial charge in [-0.1, -0.05) is 18.2 Å². The number of benzene rings is 1. The van der Waals surface area contributed by atoms with Gasteiger partial charge in [-0.25, -0.2) is 4.39 Å². The van der Waals surface area contributed by atoms with Gasteiger partial charge >= 0.3 is 6.18 Å². The molecule has 28 heavy (non-hydrogen) atoms. The fourth-order valence-corrected chi connectivity index (χ4v) is 4.75. The summed E-state index contributed by atoms with van der Waals surface area (Å²) >= 11 is 0. The van der Waals surface area contributed by atoms with Gasteiger partial charge in [0.1, 0.15) is 0 Å². The monoisotopic (exact) mass is 414 g/mol. The Balaban J connectivity index is 0.00000225. The van der Waals surface area contributed by atoms with Gasteiger partial charge in [-0.05, 0) is 73.5 Å². The lowest BCUT2D eigenvalue weighted by Gasteiger charge is -2.42. The Hall–Kier alpha value is -1.66. The molecule has 0 bridgehead atoms. The number of nitrogens with one attached hydrogen (secondary N) is 1. The van der Waals surface area contributed by atoms with Crippen LogP contribution in [-0.4, -0.2) is 23.7 Å². The number of hydrogen-bond acceptors (Lipinski definition) is 2. The Morgan fingerprint density at radius 3 is 2.54 bits per heavy atom. The SMILES string of the molecule is CC(F)(c1ccc2c(c1)CCC1NCCC21Cc1ccncc1)C(F)(F)F.Cl. The van der Waals surface area contributed by atoms with Gasteiger partial charge in [0, 0.05) is 23.9 Å². The molecule has 0 radical (unpaired) electrons. The molecule has 7 heteroatoms. The van der Waals surface area contributed by atoms with Crippen LogP contribution in [0.5, 0.6) is 0 Å². The summed E-state index contributed by atoms with van der Waals surface area (Å²) in [6, 6.07) is 8.73. The Morgan fingerprint density at radius 2 is 1.86 bits per heavy atom. The molecule has 2 aromatic rings. The summed E-state index contributed by atoms with van der Waals surface area (Å²) in [6.07, 6.45) is 1.80. The van der Waals surface area contributed by atoms with Gasteiger partial charge in [-0.3, -0.25) is 4.98 Å². The molecule has 1 aromatic heterocycles. The van der Waals surface area contributed by atoms with Crippen LogP contribution in [-0.2, 0) is 23.9 Å². The van der Waals surface area contributed by atoms with Crippen molar-refractivity contribution in [1.82, 2.24) is 10.3 Å². The van der Waals surface area contributed by atoms with E-state index in [2.05, 4.69) is 10.3 Å². The third kappa shape index (κ3) is 3.30. The largest absolute Gasteiger partial charge is 0.426 e. The summed E-state index contributed by atoms with van der Waals surface area (Å²) in [4.78, 5) is 4.06. The lowest BCUT2D eigenvalue weighted by molar-refractivity contribution is -0.228. The van der Waals surface area contributed by atoms with E-state index in [1.54, 1.807) is 18.5 Å². The molecule has 2 heterocycles. The summed E-state index contributed by atoms with van der Waals surface area (Å²) in [6.45, 7) is 1.48. The molecule has 0 saturated carbocycles. The maximum absolute atomic E-state index is 14.5. The molecule has 3 atom stereocenters. The van der Waals surface area contributed by atoms with Crippen molar-refractivity contribution in [3.8, 4) is 0 Å². The first-order chi connectivity index (χ1) is 12.7. The lowest BCUT2D eigenvalue weighted by atomic mass is 9.63. The molecule has 3 unspecified atom stereocenters. The van der Waals surface area contributed by atoms with Crippen molar-refractivity contribution in [2.24, 2.45) is 0 Å². The van der Waals surface area contributed by atoms with E-state index < -0.39 is 11.8 Å². The fourth-order valence-electron chi connectivity index (χ4n) is 4.75. The van der Waals surface area contributed by atoms with E-state index in [-0.39, 0.29) is 29.4 Å². The molecule has 1 aliphatic carbocycles. The molecule has 152 valence electrons. The number of alkyl halides is 4. The van der Waals surface area contributed by atoms with Crippen LogP contribution in [0.25, 0.3) is 0 Å². The van der Waals surface area contributed by atoms with E-state index in [9.17, 15) is 17.6 Å². The van der Waals surface area contributed by atoms with E-state index in [4.69, 9.17) is 0 Å². The van der Waals surface area contributed by atoms with Crippen LogP contribution in [0.2, 0.25) is 0 Å². The van der Waals surface area contributed by atoms with Gasteiger partial charge in [0.05, 0.1) is 0 Å². The summed E-state index contributed by atoms with van der Waals surface area (Å²) in [5.41, 5.74) is -0.765. The molecule has 4 rings (SSSR count). The average molecular weight is 415 g/mol. The highest BCUT2D eigenvalue weighted by atomic mass is 35.5.